The maximum atomic E-state index is 13.7. The van der Waals surface area contributed by atoms with Crippen molar-refractivity contribution in [2.45, 2.75) is 108 Å². The molecule has 1 aliphatic heterocycles. The SMILES string of the molecule is CC(=O)O[C@H](C(=O)Nc1cccc(S(=O)(=O)NCCCC[C@H](NC(=O)OC(C)(C)C)C(=O)N2CCSC2)c1)[C@@H](Cc1ccccc1)NC(=O)OC(C)(C)C. The fourth-order valence-electron chi connectivity index (χ4n) is 5.29. The molecule has 3 atom stereocenters. The standard InChI is InChI=1S/C37H53N5O10S2/c1-25(43)50-31(30(22-26-14-9-8-10-15-26)41-35(47)52-37(5,6)7)32(44)39-27-16-13-17-28(23-27)54(48,49)38-19-12-11-18-29(33(45)42-20-21-53-24-42)40-34(46)51-36(2,3)4/h8-10,13-17,23,29-31,38H,11-12,18-22,24H2,1-7H3,(H,39,44)(H,40,46)(H,41,47)/t29-,30+,31-/m0/s1. The first-order chi connectivity index (χ1) is 25.2. The molecule has 1 fully saturated rings. The zero-order valence-electron chi connectivity index (χ0n) is 31.9. The molecule has 0 aliphatic carbocycles. The summed E-state index contributed by atoms with van der Waals surface area (Å²) < 4.78 is 45.2. The van der Waals surface area contributed by atoms with Crippen molar-refractivity contribution in [2.75, 3.05) is 30.0 Å². The van der Waals surface area contributed by atoms with Crippen molar-refractivity contribution < 1.29 is 46.6 Å². The highest BCUT2D eigenvalue weighted by Gasteiger charge is 2.35. The van der Waals surface area contributed by atoms with Crippen LogP contribution in [0.25, 0.3) is 0 Å². The highest BCUT2D eigenvalue weighted by molar-refractivity contribution is 7.99. The van der Waals surface area contributed by atoms with E-state index < -0.39 is 63.5 Å². The molecule has 1 saturated heterocycles. The number of nitrogens with one attached hydrogen (secondary N) is 4. The van der Waals surface area contributed by atoms with Gasteiger partial charge in [-0.25, -0.2) is 22.7 Å². The second kappa shape index (κ2) is 19.8. The molecule has 0 spiro atoms. The van der Waals surface area contributed by atoms with E-state index in [1.807, 2.05) is 6.07 Å². The molecule has 4 N–H and O–H groups in total. The number of thioether (sulfide) groups is 1. The Kier molecular flexibility index (Phi) is 16.2. The summed E-state index contributed by atoms with van der Waals surface area (Å²) in [6.07, 6.45) is -1.87. The van der Waals surface area contributed by atoms with Gasteiger partial charge in [-0.3, -0.25) is 14.4 Å². The Hall–Kier alpha value is -4.35. The van der Waals surface area contributed by atoms with Crippen LogP contribution in [0.4, 0.5) is 15.3 Å². The van der Waals surface area contributed by atoms with Gasteiger partial charge in [0.05, 0.1) is 16.8 Å². The van der Waals surface area contributed by atoms with E-state index in [0.29, 0.717) is 25.3 Å². The third-order valence-corrected chi connectivity index (χ3v) is 10.0. The van der Waals surface area contributed by atoms with Crippen molar-refractivity contribution in [3.63, 3.8) is 0 Å². The van der Waals surface area contributed by atoms with Crippen LogP contribution >= 0.6 is 11.8 Å². The fourth-order valence-corrected chi connectivity index (χ4v) is 7.37. The van der Waals surface area contributed by atoms with Gasteiger partial charge in [-0.2, -0.15) is 0 Å². The van der Waals surface area contributed by atoms with Gasteiger partial charge in [0.1, 0.15) is 17.2 Å². The van der Waals surface area contributed by atoms with Gasteiger partial charge < -0.3 is 35.1 Å². The van der Waals surface area contributed by atoms with Gasteiger partial charge in [0.25, 0.3) is 5.91 Å². The summed E-state index contributed by atoms with van der Waals surface area (Å²) in [4.78, 5) is 65.8. The van der Waals surface area contributed by atoms with E-state index in [1.165, 1.54) is 24.3 Å². The van der Waals surface area contributed by atoms with Crippen molar-refractivity contribution >= 4 is 57.4 Å². The van der Waals surface area contributed by atoms with Gasteiger partial charge in [-0.1, -0.05) is 36.4 Å². The molecule has 298 valence electrons. The van der Waals surface area contributed by atoms with E-state index in [2.05, 4.69) is 20.7 Å². The Labute approximate surface area is 322 Å². The van der Waals surface area contributed by atoms with Gasteiger partial charge in [-0.05, 0) is 91.0 Å². The predicted molar refractivity (Wildman–Crippen MR) is 205 cm³/mol. The molecule has 54 heavy (non-hydrogen) atoms. The van der Waals surface area contributed by atoms with Crippen LogP contribution in [0.5, 0.6) is 0 Å². The summed E-state index contributed by atoms with van der Waals surface area (Å²) in [5.74, 6) is -0.447. The molecule has 3 rings (SSSR count). The highest BCUT2D eigenvalue weighted by Crippen LogP contribution is 2.20. The van der Waals surface area contributed by atoms with E-state index in [1.54, 1.807) is 82.5 Å². The third-order valence-electron chi connectivity index (χ3n) is 7.59. The van der Waals surface area contributed by atoms with Gasteiger partial charge in [0, 0.05) is 31.5 Å². The number of carbonyl (C=O) groups excluding carboxylic acids is 5. The number of nitrogens with zero attached hydrogens (tertiary/aromatic N) is 1. The number of alkyl carbamates (subject to hydrolysis) is 2. The van der Waals surface area contributed by atoms with Crippen LogP contribution in [0.1, 0.15) is 73.3 Å². The maximum absolute atomic E-state index is 13.7. The lowest BCUT2D eigenvalue weighted by molar-refractivity contribution is -0.153. The van der Waals surface area contributed by atoms with Gasteiger partial charge in [-0.15, -0.1) is 11.8 Å². The first-order valence-electron chi connectivity index (χ1n) is 17.7. The smallest absolute Gasteiger partial charge is 0.408 e. The van der Waals surface area contributed by atoms with Crippen molar-refractivity contribution in [1.29, 1.82) is 0 Å². The van der Waals surface area contributed by atoms with Crippen LogP contribution in [-0.4, -0.2) is 97.4 Å². The number of hydrogen-bond donors (Lipinski definition) is 4. The zero-order valence-corrected chi connectivity index (χ0v) is 33.6. The minimum Gasteiger partial charge on any atom is -0.450 e. The Morgan fingerprint density at radius 3 is 2.11 bits per heavy atom. The van der Waals surface area contributed by atoms with Crippen LogP contribution in [-0.2, 0) is 45.0 Å². The van der Waals surface area contributed by atoms with Crippen LogP contribution in [0.15, 0.2) is 59.5 Å². The normalized spacial score (nSPS) is 15.0. The van der Waals surface area contributed by atoms with Crippen molar-refractivity contribution in [3.8, 4) is 0 Å². The number of hydrogen-bond acceptors (Lipinski definition) is 11. The largest absolute Gasteiger partial charge is 0.450 e. The number of ether oxygens (including phenoxy) is 3. The summed E-state index contributed by atoms with van der Waals surface area (Å²) in [5, 5.41) is 7.94. The Bertz CT molecular complexity index is 1710. The first-order valence-corrected chi connectivity index (χ1v) is 20.3. The molecule has 4 amide bonds. The quantitative estimate of drug-likeness (QED) is 0.106. The Balaban J connectivity index is 1.67. The summed E-state index contributed by atoms with van der Waals surface area (Å²) in [5.41, 5.74) is -0.735. The molecule has 17 heteroatoms. The minimum atomic E-state index is -4.05. The first kappa shape index (κ1) is 44.0. The van der Waals surface area contributed by atoms with Crippen molar-refractivity contribution in [2.24, 2.45) is 0 Å². The number of amides is 4. The average molecular weight is 792 g/mol. The summed E-state index contributed by atoms with van der Waals surface area (Å²) >= 11 is 1.62. The van der Waals surface area contributed by atoms with Gasteiger partial charge >= 0.3 is 18.2 Å². The molecule has 2 aromatic rings. The number of rotatable bonds is 16. The lowest BCUT2D eigenvalue weighted by Gasteiger charge is -2.28. The topological polar surface area (TPSA) is 199 Å². The molecule has 0 aromatic heterocycles. The number of benzene rings is 2. The Morgan fingerprint density at radius 1 is 0.870 bits per heavy atom. The molecule has 1 aliphatic rings. The fraction of sp³-hybridized carbons (Fsp3) is 0.541. The summed E-state index contributed by atoms with van der Waals surface area (Å²) in [6, 6.07) is 12.6. The van der Waals surface area contributed by atoms with E-state index in [9.17, 15) is 32.4 Å². The van der Waals surface area contributed by atoms with E-state index >= 15 is 0 Å². The molecular weight excluding hydrogens is 739 g/mol. The summed E-state index contributed by atoms with van der Waals surface area (Å²) in [6.45, 7) is 12.0. The van der Waals surface area contributed by atoms with Crippen LogP contribution < -0.4 is 20.7 Å². The molecule has 15 nitrogen and oxygen atoms in total. The lowest BCUT2D eigenvalue weighted by atomic mass is 10.0. The molecule has 0 saturated carbocycles. The third kappa shape index (κ3) is 15.6. The van der Waals surface area contributed by atoms with E-state index in [4.69, 9.17) is 14.2 Å². The van der Waals surface area contributed by atoms with E-state index in [0.717, 1.165) is 18.2 Å². The maximum Gasteiger partial charge on any atom is 0.408 e. The molecule has 2 aromatic carbocycles. The number of carbonyl (C=O) groups is 5. The highest BCUT2D eigenvalue weighted by atomic mass is 32.2. The number of sulfonamides is 1. The zero-order chi connectivity index (χ0) is 40.1. The van der Waals surface area contributed by atoms with Crippen LogP contribution in [0.2, 0.25) is 0 Å². The second-order valence-electron chi connectivity index (χ2n) is 14.7. The molecule has 1 heterocycles. The van der Waals surface area contributed by atoms with Crippen molar-refractivity contribution in [1.82, 2.24) is 20.3 Å². The Morgan fingerprint density at radius 2 is 1.52 bits per heavy atom. The number of unbranched alkanes of at least 4 members (excludes halogenated alkanes) is 1. The number of anilines is 1. The predicted octanol–water partition coefficient (Wildman–Crippen LogP) is 4.57. The minimum absolute atomic E-state index is 0.0395. The molecular formula is C37H53N5O10S2. The van der Waals surface area contributed by atoms with Crippen molar-refractivity contribution in [3.05, 3.63) is 60.2 Å². The monoisotopic (exact) mass is 791 g/mol. The van der Waals surface area contributed by atoms with Crippen LogP contribution in [0.3, 0.4) is 0 Å². The van der Waals surface area contributed by atoms with Crippen LogP contribution in [0, 0.1) is 0 Å². The van der Waals surface area contributed by atoms with E-state index in [-0.39, 0.29) is 35.9 Å². The lowest BCUT2D eigenvalue weighted by Crippen LogP contribution is -2.52. The molecule has 0 bridgehead atoms. The molecule has 0 radical (unpaired) electrons. The second-order valence-corrected chi connectivity index (χ2v) is 17.6. The summed E-state index contributed by atoms with van der Waals surface area (Å²) in [7, 11) is -4.05. The molecule has 0 unspecified atom stereocenters. The average Bonchev–Trinajstić information content (AvgIpc) is 3.60. The van der Waals surface area contributed by atoms with Gasteiger partial charge in [0.15, 0.2) is 0 Å². The van der Waals surface area contributed by atoms with Gasteiger partial charge in [0.2, 0.25) is 22.0 Å². The number of esters is 1.